The average Bonchev–Trinajstić information content (AvgIpc) is 3.23. The molecular weight excluding hydrogens is 392 g/mol. The zero-order chi connectivity index (χ0) is 21.8. The molecule has 1 fully saturated rings. The van der Waals surface area contributed by atoms with Crippen molar-refractivity contribution in [2.75, 3.05) is 20.2 Å². The maximum absolute atomic E-state index is 12.9. The number of nitrogens with zero attached hydrogens (tertiary/aromatic N) is 1. The highest BCUT2D eigenvalue weighted by atomic mass is 16.7. The molecule has 2 aliphatic rings. The van der Waals surface area contributed by atoms with E-state index in [4.69, 9.17) is 9.57 Å². The molecule has 0 aliphatic carbocycles. The SMILES string of the molecule is COC(=O)C1(C)C=C(c2ccc(C(=O)N3CCC(Cc4ccccc4)CC3)cc2)NO1. The van der Waals surface area contributed by atoms with E-state index in [1.165, 1.54) is 12.7 Å². The van der Waals surface area contributed by atoms with Crippen LogP contribution in [0, 0.1) is 5.92 Å². The van der Waals surface area contributed by atoms with E-state index in [1.54, 1.807) is 13.0 Å². The fraction of sp³-hybridized carbons (Fsp3) is 0.360. The number of nitrogens with one attached hydrogen (secondary N) is 1. The second-order valence-corrected chi connectivity index (χ2v) is 8.36. The molecule has 1 atom stereocenters. The number of amides is 1. The fourth-order valence-corrected chi connectivity index (χ4v) is 4.20. The van der Waals surface area contributed by atoms with E-state index < -0.39 is 11.6 Å². The molecule has 6 nitrogen and oxygen atoms in total. The lowest BCUT2D eigenvalue weighted by Gasteiger charge is -2.32. The molecule has 0 aromatic heterocycles. The molecular formula is C25H28N2O4. The molecule has 0 spiro atoms. The number of benzene rings is 2. The van der Waals surface area contributed by atoms with Crippen LogP contribution in [0.25, 0.3) is 5.70 Å². The number of esters is 1. The Bertz CT molecular complexity index is 963. The zero-order valence-corrected chi connectivity index (χ0v) is 18.0. The first-order valence-corrected chi connectivity index (χ1v) is 10.7. The quantitative estimate of drug-likeness (QED) is 0.749. The number of likely N-dealkylation sites (tertiary alicyclic amines) is 1. The minimum absolute atomic E-state index is 0.0636. The van der Waals surface area contributed by atoms with Gasteiger partial charge in [0.1, 0.15) is 0 Å². The predicted octanol–water partition coefficient (Wildman–Crippen LogP) is 3.59. The lowest BCUT2D eigenvalue weighted by atomic mass is 9.90. The Hall–Kier alpha value is -3.12. The molecule has 31 heavy (non-hydrogen) atoms. The third-order valence-electron chi connectivity index (χ3n) is 6.10. The van der Waals surface area contributed by atoms with Crippen molar-refractivity contribution in [1.29, 1.82) is 0 Å². The average molecular weight is 421 g/mol. The van der Waals surface area contributed by atoms with E-state index in [1.807, 2.05) is 35.2 Å². The number of rotatable bonds is 5. The Kier molecular flexibility index (Phi) is 6.09. The second-order valence-electron chi connectivity index (χ2n) is 8.36. The Morgan fingerprint density at radius 3 is 2.42 bits per heavy atom. The molecule has 0 radical (unpaired) electrons. The summed E-state index contributed by atoms with van der Waals surface area (Å²) in [6.07, 6.45) is 4.82. The molecule has 1 amide bonds. The van der Waals surface area contributed by atoms with Crippen LogP contribution in [0.1, 0.15) is 41.3 Å². The van der Waals surface area contributed by atoms with Gasteiger partial charge in [0, 0.05) is 18.7 Å². The zero-order valence-electron chi connectivity index (χ0n) is 18.0. The molecule has 2 heterocycles. The Labute approximate surface area is 182 Å². The number of piperidine rings is 1. The Morgan fingerprint density at radius 1 is 1.10 bits per heavy atom. The van der Waals surface area contributed by atoms with E-state index in [-0.39, 0.29) is 5.91 Å². The highest BCUT2D eigenvalue weighted by Gasteiger charge is 2.39. The van der Waals surface area contributed by atoms with Gasteiger partial charge < -0.3 is 9.64 Å². The standard InChI is InChI=1S/C25H28N2O4/c1-25(24(29)30-2)17-22(26-31-25)20-8-10-21(11-9-20)23(28)27-14-12-19(13-15-27)16-18-6-4-3-5-7-18/h3-11,17,19,26H,12-16H2,1-2H3. The van der Waals surface area contributed by atoms with Crippen LogP contribution in [0.4, 0.5) is 0 Å². The normalized spacial score (nSPS) is 21.4. The van der Waals surface area contributed by atoms with Crippen molar-refractivity contribution in [2.24, 2.45) is 5.92 Å². The van der Waals surface area contributed by atoms with Crippen LogP contribution in [-0.2, 0) is 20.8 Å². The molecule has 1 saturated heterocycles. The first-order valence-electron chi connectivity index (χ1n) is 10.7. The molecule has 0 bridgehead atoms. The molecule has 162 valence electrons. The minimum atomic E-state index is -1.16. The topological polar surface area (TPSA) is 67.9 Å². The maximum atomic E-state index is 12.9. The molecule has 6 heteroatoms. The van der Waals surface area contributed by atoms with Crippen LogP contribution in [0.3, 0.4) is 0 Å². The van der Waals surface area contributed by atoms with Crippen LogP contribution in [0.2, 0.25) is 0 Å². The summed E-state index contributed by atoms with van der Waals surface area (Å²) in [4.78, 5) is 32.2. The van der Waals surface area contributed by atoms with Crippen molar-refractivity contribution in [3.8, 4) is 0 Å². The lowest BCUT2D eigenvalue weighted by molar-refractivity contribution is -0.163. The van der Waals surface area contributed by atoms with Gasteiger partial charge in [-0.25, -0.2) is 4.79 Å². The van der Waals surface area contributed by atoms with Gasteiger partial charge in [-0.1, -0.05) is 42.5 Å². The minimum Gasteiger partial charge on any atom is -0.467 e. The van der Waals surface area contributed by atoms with Crippen LogP contribution in [0.15, 0.2) is 60.7 Å². The van der Waals surface area contributed by atoms with E-state index in [0.29, 0.717) is 17.2 Å². The van der Waals surface area contributed by atoms with Gasteiger partial charge in [0.2, 0.25) is 5.60 Å². The summed E-state index contributed by atoms with van der Waals surface area (Å²) < 4.78 is 4.78. The predicted molar refractivity (Wildman–Crippen MR) is 118 cm³/mol. The molecule has 1 unspecified atom stereocenters. The van der Waals surface area contributed by atoms with Crippen molar-refractivity contribution < 1.29 is 19.2 Å². The summed E-state index contributed by atoms with van der Waals surface area (Å²) in [5, 5.41) is 0. The summed E-state index contributed by atoms with van der Waals surface area (Å²) in [5.74, 6) is 0.213. The van der Waals surface area contributed by atoms with Crippen LogP contribution in [0.5, 0.6) is 0 Å². The third kappa shape index (κ3) is 4.64. The van der Waals surface area contributed by atoms with Gasteiger partial charge in [-0.2, -0.15) is 0 Å². The first-order chi connectivity index (χ1) is 15.0. The number of hydrogen-bond donors (Lipinski definition) is 1. The van der Waals surface area contributed by atoms with Crippen molar-refractivity contribution in [3.05, 3.63) is 77.4 Å². The van der Waals surface area contributed by atoms with Gasteiger partial charge in [0.15, 0.2) is 0 Å². The largest absolute Gasteiger partial charge is 0.467 e. The van der Waals surface area contributed by atoms with Gasteiger partial charge in [0.25, 0.3) is 5.91 Å². The van der Waals surface area contributed by atoms with Gasteiger partial charge >= 0.3 is 5.97 Å². The van der Waals surface area contributed by atoms with E-state index >= 15 is 0 Å². The molecule has 2 aromatic carbocycles. The highest BCUT2D eigenvalue weighted by molar-refractivity contribution is 5.94. The summed E-state index contributed by atoms with van der Waals surface area (Å²) in [6, 6.07) is 17.9. The number of methoxy groups -OCH3 is 1. The van der Waals surface area contributed by atoms with Gasteiger partial charge in [-0.05, 0) is 61.4 Å². The first kappa shape index (κ1) is 21.1. The molecule has 0 saturated carbocycles. The summed E-state index contributed by atoms with van der Waals surface area (Å²) in [6.45, 7) is 3.21. The monoisotopic (exact) mass is 420 g/mol. The number of carbonyl (C=O) groups excluding carboxylic acids is 2. The van der Waals surface area contributed by atoms with Crippen molar-refractivity contribution in [2.45, 2.75) is 31.8 Å². The Morgan fingerprint density at radius 2 is 1.77 bits per heavy atom. The van der Waals surface area contributed by atoms with Crippen LogP contribution in [-0.4, -0.2) is 42.6 Å². The summed E-state index contributed by atoms with van der Waals surface area (Å²) >= 11 is 0. The summed E-state index contributed by atoms with van der Waals surface area (Å²) in [7, 11) is 1.33. The van der Waals surface area contributed by atoms with Crippen molar-refractivity contribution in [1.82, 2.24) is 10.4 Å². The smallest absolute Gasteiger partial charge is 0.344 e. The lowest BCUT2D eigenvalue weighted by Crippen LogP contribution is -2.38. The van der Waals surface area contributed by atoms with E-state index in [2.05, 4.69) is 29.7 Å². The Balaban J connectivity index is 1.35. The molecule has 1 N–H and O–H groups in total. The van der Waals surface area contributed by atoms with Crippen LogP contribution >= 0.6 is 0 Å². The summed E-state index contributed by atoms with van der Waals surface area (Å²) in [5.41, 5.74) is 5.16. The van der Waals surface area contributed by atoms with Gasteiger partial charge in [-0.15, -0.1) is 0 Å². The van der Waals surface area contributed by atoms with Crippen molar-refractivity contribution in [3.63, 3.8) is 0 Å². The van der Waals surface area contributed by atoms with Crippen molar-refractivity contribution >= 4 is 17.6 Å². The van der Waals surface area contributed by atoms with Crippen LogP contribution < -0.4 is 5.48 Å². The van der Waals surface area contributed by atoms with E-state index in [9.17, 15) is 9.59 Å². The van der Waals surface area contributed by atoms with Gasteiger partial charge in [0.05, 0.1) is 12.8 Å². The third-order valence-corrected chi connectivity index (χ3v) is 6.10. The van der Waals surface area contributed by atoms with E-state index in [0.717, 1.165) is 37.9 Å². The highest BCUT2D eigenvalue weighted by Crippen LogP contribution is 2.28. The fourth-order valence-electron chi connectivity index (χ4n) is 4.20. The second kappa shape index (κ2) is 8.94. The number of carbonyl (C=O) groups is 2. The number of ether oxygens (including phenoxy) is 1. The number of hydroxylamine groups is 1. The molecule has 2 aliphatic heterocycles. The maximum Gasteiger partial charge on any atom is 0.344 e. The molecule has 2 aromatic rings. The van der Waals surface area contributed by atoms with Gasteiger partial charge in [-0.3, -0.25) is 15.1 Å². The number of hydrogen-bond acceptors (Lipinski definition) is 5. The molecule has 4 rings (SSSR count).